The molecule has 0 bridgehead atoms. The molecule has 21 heavy (non-hydrogen) atoms. The van der Waals surface area contributed by atoms with E-state index in [2.05, 4.69) is 62.8 Å². The molecular weight excluding hydrogens is 350 g/mol. The Kier molecular flexibility index (Phi) is 4.07. The van der Waals surface area contributed by atoms with Crippen LogP contribution in [-0.4, -0.2) is 10.2 Å². The SMILES string of the molecule is Cc1ccc(-c2nnco2)cc1NC(C)c1sccc1Br. The lowest BCUT2D eigenvalue weighted by molar-refractivity contribution is 0.568. The van der Waals surface area contributed by atoms with Gasteiger partial charge in [-0.25, -0.2) is 0 Å². The summed E-state index contributed by atoms with van der Waals surface area (Å²) in [5.74, 6) is 0.531. The Hall–Kier alpha value is -1.66. The molecule has 0 radical (unpaired) electrons. The van der Waals surface area contributed by atoms with Crippen molar-refractivity contribution in [1.29, 1.82) is 0 Å². The fourth-order valence-corrected chi connectivity index (χ4v) is 3.85. The molecule has 3 aromatic rings. The van der Waals surface area contributed by atoms with Crippen LogP contribution >= 0.6 is 27.3 Å². The van der Waals surface area contributed by atoms with E-state index in [-0.39, 0.29) is 6.04 Å². The molecule has 4 nitrogen and oxygen atoms in total. The molecular formula is C15H14BrN3OS. The molecule has 0 aliphatic rings. The molecule has 108 valence electrons. The molecule has 0 aliphatic carbocycles. The van der Waals surface area contributed by atoms with E-state index >= 15 is 0 Å². The Morgan fingerprint density at radius 1 is 1.33 bits per heavy atom. The molecule has 0 spiro atoms. The van der Waals surface area contributed by atoms with Crippen LogP contribution in [0.25, 0.3) is 11.5 Å². The van der Waals surface area contributed by atoms with Gasteiger partial charge in [-0.1, -0.05) is 6.07 Å². The van der Waals surface area contributed by atoms with Crippen LogP contribution in [0, 0.1) is 6.92 Å². The molecule has 2 aromatic heterocycles. The first-order valence-electron chi connectivity index (χ1n) is 6.52. The topological polar surface area (TPSA) is 51.0 Å². The summed E-state index contributed by atoms with van der Waals surface area (Å²) in [6, 6.07) is 8.37. The van der Waals surface area contributed by atoms with Gasteiger partial charge >= 0.3 is 0 Å². The number of halogens is 1. The number of nitrogens with one attached hydrogen (secondary N) is 1. The quantitative estimate of drug-likeness (QED) is 0.705. The Bertz CT molecular complexity index is 739. The summed E-state index contributed by atoms with van der Waals surface area (Å²) in [6.45, 7) is 4.23. The number of anilines is 1. The van der Waals surface area contributed by atoms with E-state index < -0.39 is 0 Å². The lowest BCUT2D eigenvalue weighted by Gasteiger charge is -2.17. The van der Waals surface area contributed by atoms with Crippen molar-refractivity contribution < 1.29 is 4.42 Å². The van der Waals surface area contributed by atoms with Crippen molar-refractivity contribution in [2.24, 2.45) is 0 Å². The average molecular weight is 364 g/mol. The maximum absolute atomic E-state index is 5.26. The van der Waals surface area contributed by atoms with E-state index in [1.54, 1.807) is 11.3 Å². The summed E-state index contributed by atoms with van der Waals surface area (Å²) in [6.07, 6.45) is 1.34. The van der Waals surface area contributed by atoms with Gasteiger partial charge in [0.15, 0.2) is 0 Å². The summed E-state index contributed by atoms with van der Waals surface area (Å²) in [7, 11) is 0. The van der Waals surface area contributed by atoms with Crippen LogP contribution in [0.15, 0.2) is 44.9 Å². The standard InChI is InChI=1S/C15H14BrN3OS/c1-9-3-4-11(15-19-17-8-20-15)7-13(9)18-10(2)14-12(16)5-6-21-14/h3-8,10,18H,1-2H3. The summed E-state index contributed by atoms with van der Waals surface area (Å²) in [5.41, 5.74) is 3.16. The summed E-state index contributed by atoms with van der Waals surface area (Å²) in [4.78, 5) is 1.28. The lowest BCUT2D eigenvalue weighted by Crippen LogP contribution is -2.06. The molecule has 1 unspecified atom stereocenters. The van der Waals surface area contributed by atoms with Crippen molar-refractivity contribution in [3.8, 4) is 11.5 Å². The van der Waals surface area contributed by atoms with Gasteiger partial charge in [0.05, 0.1) is 6.04 Å². The van der Waals surface area contributed by atoms with E-state index in [9.17, 15) is 0 Å². The highest BCUT2D eigenvalue weighted by molar-refractivity contribution is 9.10. The smallest absolute Gasteiger partial charge is 0.247 e. The van der Waals surface area contributed by atoms with Crippen molar-refractivity contribution in [1.82, 2.24) is 10.2 Å². The molecule has 1 N–H and O–H groups in total. The van der Waals surface area contributed by atoms with Crippen LogP contribution in [0.3, 0.4) is 0 Å². The predicted octanol–water partition coefficient (Wildman–Crippen LogP) is 5.04. The zero-order valence-electron chi connectivity index (χ0n) is 11.6. The maximum Gasteiger partial charge on any atom is 0.247 e. The normalized spacial score (nSPS) is 12.3. The van der Waals surface area contributed by atoms with Crippen molar-refractivity contribution in [3.63, 3.8) is 0 Å². The van der Waals surface area contributed by atoms with Crippen LogP contribution < -0.4 is 5.32 Å². The average Bonchev–Trinajstić information content (AvgIpc) is 3.12. The first-order chi connectivity index (χ1) is 10.1. The molecule has 1 atom stereocenters. The second-order valence-corrected chi connectivity index (χ2v) is 6.57. The van der Waals surface area contributed by atoms with Crippen molar-refractivity contribution in [2.75, 3.05) is 5.32 Å². The molecule has 2 heterocycles. The van der Waals surface area contributed by atoms with E-state index in [1.807, 2.05) is 12.1 Å². The minimum atomic E-state index is 0.219. The van der Waals surface area contributed by atoms with Gasteiger partial charge in [0.1, 0.15) is 0 Å². The van der Waals surface area contributed by atoms with Gasteiger partial charge in [-0.2, -0.15) is 0 Å². The first-order valence-corrected chi connectivity index (χ1v) is 8.19. The van der Waals surface area contributed by atoms with E-state index in [4.69, 9.17) is 4.42 Å². The number of rotatable bonds is 4. The predicted molar refractivity (Wildman–Crippen MR) is 88.5 cm³/mol. The van der Waals surface area contributed by atoms with Crippen LogP contribution in [0.4, 0.5) is 5.69 Å². The number of thiophene rings is 1. The van der Waals surface area contributed by atoms with E-state index in [0.29, 0.717) is 5.89 Å². The summed E-state index contributed by atoms with van der Waals surface area (Å²) < 4.78 is 6.39. The zero-order chi connectivity index (χ0) is 14.8. The fraction of sp³-hybridized carbons (Fsp3) is 0.200. The van der Waals surface area contributed by atoms with Gasteiger partial charge < -0.3 is 9.73 Å². The third-order valence-corrected chi connectivity index (χ3v) is 5.31. The van der Waals surface area contributed by atoms with Crippen LogP contribution in [0.5, 0.6) is 0 Å². The molecule has 0 aliphatic heterocycles. The van der Waals surface area contributed by atoms with Crippen molar-refractivity contribution >= 4 is 33.0 Å². The molecule has 0 amide bonds. The van der Waals surface area contributed by atoms with Gasteiger partial charge in [-0.15, -0.1) is 21.5 Å². The minimum absolute atomic E-state index is 0.219. The minimum Gasteiger partial charge on any atom is -0.423 e. The fourth-order valence-electron chi connectivity index (χ4n) is 2.12. The Labute approximate surface area is 135 Å². The highest BCUT2D eigenvalue weighted by Gasteiger charge is 2.13. The Morgan fingerprint density at radius 3 is 2.86 bits per heavy atom. The molecule has 0 saturated carbocycles. The number of nitrogens with zero attached hydrogens (tertiary/aromatic N) is 2. The van der Waals surface area contributed by atoms with Gasteiger partial charge in [-0.3, -0.25) is 0 Å². The van der Waals surface area contributed by atoms with Gasteiger partial charge in [0.25, 0.3) is 0 Å². The molecule has 3 rings (SSSR count). The highest BCUT2D eigenvalue weighted by Crippen LogP contribution is 2.33. The second kappa shape index (κ2) is 5.99. The summed E-state index contributed by atoms with van der Waals surface area (Å²) in [5, 5.41) is 13.3. The molecule has 1 aromatic carbocycles. The second-order valence-electron chi connectivity index (χ2n) is 4.77. The van der Waals surface area contributed by atoms with Crippen LogP contribution in [0.2, 0.25) is 0 Å². The molecule has 6 heteroatoms. The van der Waals surface area contributed by atoms with E-state index in [0.717, 1.165) is 15.7 Å². The molecule has 0 saturated heterocycles. The summed E-state index contributed by atoms with van der Waals surface area (Å²) >= 11 is 5.32. The third kappa shape index (κ3) is 3.01. The van der Waals surface area contributed by atoms with Crippen molar-refractivity contribution in [3.05, 3.63) is 51.0 Å². The number of hydrogen-bond acceptors (Lipinski definition) is 5. The number of hydrogen-bond donors (Lipinski definition) is 1. The third-order valence-electron chi connectivity index (χ3n) is 3.25. The zero-order valence-corrected chi connectivity index (χ0v) is 14.0. The number of benzene rings is 1. The van der Waals surface area contributed by atoms with Crippen LogP contribution in [-0.2, 0) is 0 Å². The van der Waals surface area contributed by atoms with Crippen LogP contribution in [0.1, 0.15) is 23.4 Å². The van der Waals surface area contributed by atoms with E-state index in [1.165, 1.54) is 16.8 Å². The van der Waals surface area contributed by atoms with Gasteiger partial charge in [0.2, 0.25) is 12.3 Å². The number of aryl methyl sites for hydroxylation is 1. The molecule has 0 fully saturated rings. The first kappa shape index (κ1) is 14.3. The van der Waals surface area contributed by atoms with Gasteiger partial charge in [-0.05, 0) is 58.9 Å². The van der Waals surface area contributed by atoms with Gasteiger partial charge in [0, 0.05) is 20.6 Å². The Morgan fingerprint density at radius 2 is 2.19 bits per heavy atom. The largest absolute Gasteiger partial charge is 0.423 e. The number of aromatic nitrogens is 2. The monoisotopic (exact) mass is 363 g/mol. The Balaban J connectivity index is 1.88. The lowest BCUT2D eigenvalue weighted by atomic mass is 10.1. The maximum atomic E-state index is 5.26. The van der Waals surface area contributed by atoms with Crippen molar-refractivity contribution in [2.45, 2.75) is 19.9 Å². The highest BCUT2D eigenvalue weighted by atomic mass is 79.9.